The van der Waals surface area contributed by atoms with E-state index in [2.05, 4.69) is 61.2 Å². The van der Waals surface area contributed by atoms with Gasteiger partial charge in [0, 0.05) is 38.0 Å². The van der Waals surface area contributed by atoms with E-state index >= 15 is 0 Å². The Hall–Kier alpha value is -1.84. The fourth-order valence-corrected chi connectivity index (χ4v) is 3.86. The molecule has 0 unspecified atom stereocenters. The van der Waals surface area contributed by atoms with Crippen molar-refractivity contribution >= 4 is 0 Å². The van der Waals surface area contributed by atoms with Gasteiger partial charge in [0.15, 0.2) is 0 Å². The van der Waals surface area contributed by atoms with Crippen molar-refractivity contribution in [1.29, 1.82) is 0 Å². The topological polar surface area (TPSA) is 21.7 Å². The molecule has 24 heavy (non-hydrogen) atoms. The Balaban J connectivity index is 1.44. The smallest absolute Gasteiger partial charge is 0.213 e. The average Bonchev–Trinajstić information content (AvgIpc) is 2.59. The summed E-state index contributed by atoms with van der Waals surface area (Å²) in [6, 6.07) is 15.0. The van der Waals surface area contributed by atoms with E-state index in [1.165, 1.54) is 22.3 Å². The molecule has 2 aromatic carbocycles. The van der Waals surface area contributed by atoms with Crippen LogP contribution in [0.25, 0.3) is 0 Å². The summed E-state index contributed by atoms with van der Waals surface area (Å²) in [7, 11) is 0. The van der Waals surface area contributed by atoms with Gasteiger partial charge in [0.05, 0.1) is 6.61 Å². The Kier molecular flexibility index (Phi) is 4.07. The van der Waals surface area contributed by atoms with Crippen LogP contribution < -0.4 is 4.74 Å². The van der Waals surface area contributed by atoms with Gasteiger partial charge in [0.2, 0.25) is 5.79 Å². The van der Waals surface area contributed by atoms with Crippen LogP contribution in [0.5, 0.6) is 5.75 Å². The number of ether oxygens (including phenoxy) is 2. The van der Waals surface area contributed by atoms with Crippen molar-refractivity contribution in [2.45, 2.75) is 45.6 Å². The van der Waals surface area contributed by atoms with E-state index < -0.39 is 5.79 Å². The maximum absolute atomic E-state index is 6.40. The van der Waals surface area contributed by atoms with Crippen molar-refractivity contribution < 1.29 is 9.47 Å². The van der Waals surface area contributed by atoms with Crippen LogP contribution in [0.2, 0.25) is 0 Å². The van der Waals surface area contributed by atoms with Crippen molar-refractivity contribution in [2.75, 3.05) is 13.1 Å². The van der Waals surface area contributed by atoms with Crippen molar-refractivity contribution in [3.05, 3.63) is 64.7 Å². The van der Waals surface area contributed by atoms with Gasteiger partial charge in [0.25, 0.3) is 0 Å². The highest BCUT2D eigenvalue weighted by molar-refractivity contribution is 5.44. The minimum Gasteiger partial charge on any atom is -0.462 e. The van der Waals surface area contributed by atoms with Crippen LogP contribution in [0.1, 0.15) is 35.1 Å². The first-order chi connectivity index (χ1) is 11.6. The molecule has 3 heteroatoms. The lowest BCUT2D eigenvalue weighted by atomic mass is 9.99. The number of aryl methyl sites for hydroxylation is 2. The first kappa shape index (κ1) is 15.7. The highest BCUT2D eigenvalue weighted by atomic mass is 16.7. The molecule has 0 aliphatic carbocycles. The first-order valence-corrected chi connectivity index (χ1v) is 8.83. The van der Waals surface area contributed by atoms with E-state index in [0.717, 1.165) is 38.2 Å². The number of rotatable bonds is 2. The third-order valence-electron chi connectivity index (χ3n) is 5.14. The van der Waals surface area contributed by atoms with Gasteiger partial charge in [-0.2, -0.15) is 0 Å². The zero-order valence-electron chi connectivity index (χ0n) is 14.5. The summed E-state index contributed by atoms with van der Waals surface area (Å²) in [6.45, 7) is 7.95. The van der Waals surface area contributed by atoms with Crippen LogP contribution in [-0.2, 0) is 17.9 Å². The molecule has 0 saturated carbocycles. The molecule has 1 saturated heterocycles. The molecule has 2 aromatic rings. The van der Waals surface area contributed by atoms with E-state index in [1.54, 1.807) is 0 Å². The summed E-state index contributed by atoms with van der Waals surface area (Å²) >= 11 is 0. The number of fused-ring (bicyclic) bond motifs is 1. The maximum Gasteiger partial charge on any atom is 0.213 e. The molecule has 1 spiro atoms. The van der Waals surface area contributed by atoms with E-state index in [1.807, 2.05) is 0 Å². The predicted molar refractivity (Wildman–Crippen MR) is 95.0 cm³/mol. The number of hydrogen-bond acceptors (Lipinski definition) is 3. The Morgan fingerprint density at radius 3 is 2.54 bits per heavy atom. The second-order valence-corrected chi connectivity index (χ2v) is 7.13. The van der Waals surface area contributed by atoms with E-state index in [9.17, 15) is 0 Å². The second kappa shape index (κ2) is 6.23. The van der Waals surface area contributed by atoms with Crippen LogP contribution in [-0.4, -0.2) is 23.8 Å². The average molecular weight is 323 g/mol. The molecule has 1 fully saturated rings. The lowest BCUT2D eigenvalue weighted by Crippen LogP contribution is -2.51. The zero-order valence-corrected chi connectivity index (χ0v) is 14.5. The molecule has 2 aliphatic rings. The number of nitrogens with zero attached hydrogens (tertiary/aromatic N) is 1. The summed E-state index contributed by atoms with van der Waals surface area (Å²) < 4.78 is 12.6. The lowest BCUT2D eigenvalue weighted by molar-refractivity contribution is -0.228. The second-order valence-electron chi connectivity index (χ2n) is 7.13. The Morgan fingerprint density at radius 2 is 1.79 bits per heavy atom. The van der Waals surface area contributed by atoms with Gasteiger partial charge in [0.1, 0.15) is 5.75 Å². The fourth-order valence-electron chi connectivity index (χ4n) is 3.86. The third-order valence-corrected chi connectivity index (χ3v) is 5.14. The van der Waals surface area contributed by atoms with Gasteiger partial charge < -0.3 is 9.47 Å². The van der Waals surface area contributed by atoms with E-state index in [4.69, 9.17) is 9.47 Å². The molecule has 0 amide bonds. The molecule has 3 nitrogen and oxygen atoms in total. The standard InChI is InChI=1S/C21H25NO2/c1-16-12-17(2)20-19(13-16)15-23-21(24-20)8-10-22(11-9-21)14-18-6-4-3-5-7-18/h3-7,12-13H,8-11,14-15H2,1-2H3. The molecule has 2 aliphatic heterocycles. The normalized spacial score (nSPS) is 19.8. The van der Waals surface area contributed by atoms with Gasteiger partial charge in [-0.1, -0.05) is 48.0 Å². The van der Waals surface area contributed by atoms with Crippen LogP contribution in [0.3, 0.4) is 0 Å². The molecule has 0 radical (unpaired) electrons. The Bertz CT molecular complexity index is 718. The molecular formula is C21H25NO2. The van der Waals surface area contributed by atoms with Gasteiger partial charge in [-0.25, -0.2) is 0 Å². The number of hydrogen-bond donors (Lipinski definition) is 0. The van der Waals surface area contributed by atoms with Gasteiger partial charge in [-0.15, -0.1) is 0 Å². The number of piperidine rings is 1. The first-order valence-electron chi connectivity index (χ1n) is 8.83. The van der Waals surface area contributed by atoms with E-state index in [-0.39, 0.29) is 0 Å². The molecule has 0 atom stereocenters. The Labute approximate surface area is 144 Å². The van der Waals surface area contributed by atoms with Gasteiger partial charge in [-0.05, 0) is 25.0 Å². The summed E-state index contributed by atoms with van der Waals surface area (Å²) in [5, 5.41) is 0. The number of likely N-dealkylation sites (tertiary alicyclic amines) is 1. The Morgan fingerprint density at radius 1 is 1.04 bits per heavy atom. The highest BCUT2D eigenvalue weighted by Gasteiger charge is 2.41. The van der Waals surface area contributed by atoms with Crippen LogP contribution in [0.15, 0.2) is 42.5 Å². The largest absolute Gasteiger partial charge is 0.462 e. The summed E-state index contributed by atoms with van der Waals surface area (Å²) in [5.74, 6) is 0.614. The molecule has 0 aromatic heterocycles. The summed E-state index contributed by atoms with van der Waals surface area (Å²) in [4.78, 5) is 2.49. The van der Waals surface area contributed by atoms with Gasteiger partial charge >= 0.3 is 0 Å². The zero-order chi connectivity index (χ0) is 16.6. The van der Waals surface area contributed by atoms with Crippen molar-refractivity contribution in [3.8, 4) is 5.75 Å². The molecular weight excluding hydrogens is 298 g/mol. The number of benzene rings is 2. The fraction of sp³-hybridized carbons (Fsp3) is 0.429. The predicted octanol–water partition coefficient (Wildman–Crippen LogP) is 4.20. The van der Waals surface area contributed by atoms with Crippen molar-refractivity contribution in [3.63, 3.8) is 0 Å². The van der Waals surface area contributed by atoms with Crippen LogP contribution in [0.4, 0.5) is 0 Å². The van der Waals surface area contributed by atoms with E-state index in [0.29, 0.717) is 6.61 Å². The highest BCUT2D eigenvalue weighted by Crippen LogP contribution is 2.39. The molecule has 0 bridgehead atoms. The van der Waals surface area contributed by atoms with Crippen LogP contribution in [0, 0.1) is 13.8 Å². The third kappa shape index (κ3) is 3.06. The minimum absolute atomic E-state index is 0.430. The molecule has 126 valence electrons. The lowest BCUT2D eigenvalue weighted by Gasteiger charge is -2.44. The van der Waals surface area contributed by atoms with Crippen molar-refractivity contribution in [2.24, 2.45) is 0 Å². The van der Waals surface area contributed by atoms with Crippen molar-refractivity contribution in [1.82, 2.24) is 4.90 Å². The summed E-state index contributed by atoms with van der Waals surface area (Å²) in [5.41, 5.74) is 5.05. The molecule has 0 N–H and O–H groups in total. The monoisotopic (exact) mass is 323 g/mol. The quantitative estimate of drug-likeness (QED) is 0.826. The van der Waals surface area contributed by atoms with Gasteiger partial charge in [-0.3, -0.25) is 4.90 Å². The molecule has 4 rings (SSSR count). The summed E-state index contributed by atoms with van der Waals surface area (Å²) in [6.07, 6.45) is 1.85. The molecule has 2 heterocycles. The SMILES string of the molecule is Cc1cc(C)c2c(c1)COC1(CCN(Cc3ccccc3)CC1)O2. The maximum atomic E-state index is 6.40. The van der Waals surface area contributed by atoms with Crippen LogP contribution >= 0.6 is 0 Å². The minimum atomic E-state index is -0.430.